The van der Waals surface area contributed by atoms with Crippen molar-refractivity contribution in [1.82, 2.24) is 15.5 Å². The molecule has 0 aliphatic heterocycles. The van der Waals surface area contributed by atoms with E-state index in [1.165, 1.54) is 25.7 Å². The topological polar surface area (TPSA) is 61.4 Å². The van der Waals surface area contributed by atoms with E-state index in [-0.39, 0.29) is 23.9 Å². The predicted octanol–water partition coefficient (Wildman–Crippen LogP) is 2.80. The summed E-state index contributed by atoms with van der Waals surface area (Å²) < 4.78 is 0. The molecule has 0 radical (unpaired) electrons. The number of benzene rings is 1. The summed E-state index contributed by atoms with van der Waals surface area (Å²) in [6.07, 6.45) is 7.17. The molecule has 1 aromatic rings. The van der Waals surface area contributed by atoms with E-state index in [0.717, 1.165) is 24.0 Å². The minimum Gasteiger partial charge on any atom is -0.353 e. The molecule has 5 nitrogen and oxygen atoms in total. The maximum atomic E-state index is 12.2. The third kappa shape index (κ3) is 5.31. The lowest BCUT2D eigenvalue weighted by molar-refractivity contribution is -0.120. The van der Waals surface area contributed by atoms with E-state index in [0.29, 0.717) is 12.1 Å². The van der Waals surface area contributed by atoms with Crippen LogP contribution in [0.1, 0.15) is 60.0 Å². The van der Waals surface area contributed by atoms with Crippen LogP contribution in [0.5, 0.6) is 0 Å². The van der Waals surface area contributed by atoms with E-state index >= 15 is 0 Å². The van der Waals surface area contributed by atoms with Crippen molar-refractivity contribution in [1.29, 1.82) is 0 Å². The van der Waals surface area contributed by atoms with Crippen LogP contribution in [-0.2, 0) is 4.79 Å². The van der Waals surface area contributed by atoms with Crippen molar-refractivity contribution in [3.05, 3.63) is 34.9 Å². The van der Waals surface area contributed by atoms with Gasteiger partial charge in [0.2, 0.25) is 5.91 Å². The number of carbonyl (C=O) groups excluding carboxylic acids is 2. The average Bonchev–Trinajstić information content (AvgIpc) is 2.87. The van der Waals surface area contributed by atoms with E-state index in [4.69, 9.17) is 0 Å². The summed E-state index contributed by atoms with van der Waals surface area (Å²) >= 11 is 0. The van der Waals surface area contributed by atoms with Crippen LogP contribution in [0.2, 0.25) is 0 Å². The van der Waals surface area contributed by atoms with Crippen LogP contribution in [0.4, 0.5) is 0 Å². The summed E-state index contributed by atoms with van der Waals surface area (Å²) in [5, 5.41) is 5.76. The number of hydrogen-bond acceptors (Lipinski definition) is 3. The molecule has 0 aromatic heterocycles. The van der Waals surface area contributed by atoms with Crippen LogP contribution < -0.4 is 10.6 Å². The van der Waals surface area contributed by atoms with Crippen molar-refractivity contribution < 1.29 is 9.59 Å². The standard InChI is InChI=1S/C21H33N3O2/c1-16-9-10-18(13-17(16)2)20(26)22-14-19(25)23-15-21(24(3)4)11-7-5-6-8-12-21/h9-10,13H,5-8,11-12,14-15H2,1-4H3,(H,22,26)(H,23,25). The van der Waals surface area contributed by atoms with Crippen molar-refractivity contribution in [2.75, 3.05) is 27.2 Å². The monoisotopic (exact) mass is 359 g/mol. The van der Waals surface area contributed by atoms with E-state index in [9.17, 15) is 9.59 Å². The molecule has 2 N–H and O–H groups in total. The number of aryl methyl sites for hydroxylation is 2. The molecule has 1 aliphatic rings. The SMILES string of the molecule is Cc1ccc(C(=O)NCC(=O)NCC2(N(C)C)CCCCCC2)cc1C. The molecule has 0 bridgehead atoms. The van der Waals surface area contributed by atoms with Gasteiger partial charge in [0.15, 0.2) is 0 Å². The molecule has 26 heavy (non-hydrogen) atoms. The van der Waals surface area contributed by atoms with Crippen molar-refractivity contribution in [3.63, 3.8) is 0 Å². The Hall–Kier alpha value is -1.88. The first-order chi connectivity index (χ1) is 12.3. The van der Waals surface area contributed by atoms with Crippen LogP contribution in [0.25, 0.3) is 0 Å². The molecule has 0 atom stereocenters. The molecule has 0 unspecified atom stereocenters. The summed E-state index contributed by atoms with van der Waals surface area (Å²) in [6.45, 7) is 4.64. The number of amides is 2. The van der Waals surface area contributed by atoms with E-state index in [2.05, 4.69) is 29.6 Å². The number of nitrogens with zero attached hydrogens (tertiary/aromatic N) is 1. The second kappa shape index (κ2) is 9.17. The van der Waals surface area contributed by atoms with Gasteiger partial charge < -0.3 is 15.5 Å². The molecule has 1 aromatic carbocycles. The summed E-state index contributed by atoms with van der Waals surface area (Å²) in [5.41, 5.74) is 2.85. The van der Waals surface area contributed by atoms with Gasteiger partial charge in [0.05, 0.1) is 6.54 Å². The van der Waals surface area contributed by atoms with Crippen molar-refractivity contribution in [2.45, 2.75) is 57.9 Å². The first-order valence-corrected chi connectivity index (χ1v) is 9.64. The Bertz CT molecular complexity index is 632. The van der Waals surface area contributed by atoms with Crippen molar-refractivity contribution in [2.24, 2.45) is 0 Å². The zero-order valence-electron chi connectivity index (χ0n) is 16.7. The normalized spacial score (nSPS) is 16.8. The molecule has 1 saturated carbocycles. The first kappa shape index (κ1) is 20.4. The number of nitrogens with one attached hydrogen (secondary N) is 2. The number of hydrogen-bond donors (Lipinski definition) is 2. The van der Waals surface area contributed by atoms with Gasteiger partial charge >= 0.3 is 0 Å². The summed E-state index contributed by atoms with van der Waals surface area (Å²) in [7, 11) is 4.19. The van der Waals surface area contributed by atoms with Gasteiger partial charge in [0.25, 0.3) is 5.91 Å². The Morgan fingerprint density at radius 1 is 1.00 bits per heavy atom. The second-order valence-corrected chi connectivity index (χ2v) is 7.79. The Balaban J connectivity index is 1.85. The molecule has 2 amide bonds. The van der Waals surface area contributed by atoms with Crippen LogP contribution in [-0.4, -0.2) is 49.4 Å². The summed E-state index contributed by atoms with van der Waals surface area (Å²) in [5.74, 6) is -0.340. The van der Waals surface area contributed by atoms with Crippen LogP contribution in [0, 0.1) is 13.8 Å². The quantitative estimate of drug-likeness (QED) is 0.768. The van der Waals surface area contributed by atoms with Gasteiger partial charge in [0, 0.05) is 17.6 Å². The maximum Gasteiger partial charge on any atom is 0.251 e. The lowest BCUT2D eigenvalue weighted by Gasteiger charge is -2.39. The molecule has 1 aliphatic carbocycles. The van der Waals surface area contributed by atoms with Crippen molar-refractivity contribution >= 4 is 11.8 Å². The van der Waals surface area contributed by atoms with Gasteiger partial charge in [-0.15, -0.1) is 0 Å². The molecule has 5 heteroatoms. The van der Waals surface area contributed by atoms with Crippen LogP contribution >= 0.6 is 0 Å². The van der Waals surface area contributed by atoms with E-state index in [1.807, 2.05) is 26.0 Å². The third-order valence-corrected chi connectivity index (χ3v) is 5.78. The Morgan fingerprint density at radius 3 is 2.23 bits per heavy atom. The van der Waals surface area contributed by atoms with Crippen LogP contribution in [0.15, 0.2) is 18.2 Å². The largest absolute Gasteiger partial charge is 0.353 e. The maximum absolute atomic E-state index is 12.2. The minimum absolute atomic E-state index is 0.00919. The molecule has 1 fully saturated rings. The summed E-state index contributed by atoms with van der Waals surface area (Å²) in [4.78, 5) is 26.7. The van der Waals surface area contributed by atoms with Crippen LogP contribution in [0.3, 0.4) is 0 Å². The van der Waals surface area contributed by atoms with Gasteiger partial charge in [-0.25, -0.2) is 0 Å². The Kier molecular flexibility index (Phi) is 7.21. The van der Waals surface area contributed by atoms with Gasteiger partial charge in [-0.2, -0.15) is 0 Å². The lowest BCUT2D eigenvalue weighted by Crippen LogP contribution is -2.53. The lowest BCUT2D eigenvalue weighted by atomic mass is 9.88. The van der Waals surface area contributed by atoms with Gasteiger partial charge in [0.1, 0.15) is 0 Å². The number of rotatable bonds is 6. The van der Waals surface area contributed by atoms with Gasteiger partial charge in [-0.3, -0.25) is 9.59 Å². The number of carbonyl (C=O) groups is 2. The highest BCUT2D eigenvalue weighted by molar-refractivity contribution is 5.96. The molecular formula is C21H33N3O2. The van der Waals surface area contributed by atoms with E-state index in [1.54, 1.807) is 6.07 Å². The third-order valence-electron chi connectivity index (χ3n) is 5.78. The average molecular weight is 360 g/mol. The molecule has 144 valence electrons. The Labute approximate surface area is 157 Å². The first-order valence-electron chi connectivity index (χ1n) is 9.64. The minimum atomic E-state index is -0.208. The highest BCUT2D eigenvalue weighted by Gasteiger charge is 2.33. The van der Waals surface area contributed by atoms with Crippen molar-refractivity contribution in [3.8, 4) is 0 Å². The smallest absolute Gasteiger partial charge is 0.251 e. The molecule has 2 rings (SSSR count). The summed E-state index contributed by atoms with van der Waals surface area (Å²) in [6, 6.07) is 5.58. The Morgan fingerprint density at radius 2 is 1.65 bits per heavy atom. The zero-order chi connectivity index (χ0) is 19.2. The highest BCUT2D eigenvalue weighted by atomic mass is 16.2. The number of likely N-dealkylation sites (N-methyl/N-ethyl adjacent to an activating group) is 1. The highest BCUT2D eigenvalue weighted by Crippen LogP contribution is 2.30. The molecule has 0 heterocycles. The predicted molar refractivity (Wildman–Crippen MR) is 105 cm³/mol. The zero-order valence-corrected chi connectivity index (χ0v) is 16.7. The van der Waals surface area contributed by atoms with Gasteiger partial charge in [-0.1, -0.05) is 31.7 Å². The fourth-order valence-corrected chi connectivity index (χ4v) is 3.64. The van der Waals surface area contributed by atoms with Gasteiger partial charge in [-0.05, 0) is 64.0 Å². The molecule has 0 spiro atoms. The van der Waals surface area contributed by atoms with E-state index < -0.39 is 0 Å². The molecule has 0 saturated heterocycles. The fraction of sp³-hybridized carbons (Fsp3) is 0.619. The molecular weight excluding hydrogens is 326 g/mol. The second-order valence-electron chi connectivity index (χ2n) is 7.79. The fourth-order valence-electron chi connectivity index (χ4n) is 3.64.